The number of aliphatic hydroxyl groups excluding tert-OH is 1. The Bertz CT molecular complexity index is 510. The molecule has 1 saturated carbocycles. The first-order chi connectivity index (χ1) is 10.4. The highest BCUT2D eigenvalue weighted by molar-refractivity contribution is 5.89. The number of benzene rings is 1. The Labute approximate surface area is 127 Å². The van der Waals surface area contributed by atoms with Crippen LogP contribution < -0.4 is 15.4 Å². The summed E-state index contributed by atoms with van der Waals surface area (Å²) in [6.07, 6.45) is 2.65. The summed E-state index contributed by atoms with van der Waals surface area (Å²) in [4.78, 5) is 12.0. The van der Waals surface area contributed by atoms with Gasteiger partial charge in [0.25, 0.3) is 0 Å². The molecule has 7 heteroatoms. The first-order valence-electron chi connectivity index (χ1n) is 7.16. The van der Waals surface area contributed by atoms with E-state index in [1.54, 1.807) is 0 Å². The summed E-state index contributed by atoms with van der Waals surface area (Å²) in [7, 11) is 0. The van der Waals surface area contributed by atoms with Crippen molar-refractivity contribution in [3.05, 3.63) is 24.3 Å². The summed E-state index contributed by atoms with van der Waals surface area (Å²) in [5.41, 5.74) is 0.176. The van der Waals surface area contributed by atoms with E-state index < -0.39 is 6.61 Å². The minimum Gasteiger partial charge on any atom is -0.435 e. The molecule has 122 valence electrons. The van der Waals surface area contributed by atoms with Gasteiger partial charge in [-0.3, -0.25) is 0 Å². The molecule has 0 saturated heterocycles. The Morgan fingerprint density at radius 2 is 2.14 bits per heavy atom. The molecular weight excluding hydrogens is 294 g/mol. The molecule has 0 bridgehead atoms. The van der Waals surface area contributed by atoms with Gasteiger partial charge in [0.15, 0.2) is 0 Å². The van der Waals surface area contributed by atoms with E-state index in [1.165, 1.54) is 24.3 Å². The lowest BCUT2D eigenvalue weighted by molar-refractivity contribution is -0.0498. The number of alkyl halides is 2. The number of carbonyl (C=O) groups is 1. The van der Waals surface area contributed by atoms with Crippen LogP contribution in [0.5, 0.6) is 5.75 Å². The van der Waals surface area contributed by atoms with E-state index in [-0.39, 0.29) is 29.8 Å². The first-order valence-corrected chi connectivity index (χ1v) is 7.16. The van der Waals surface area contributed by atoms with Gasteiger partial charge in [-0.15, -0.1) is 0 Å². The maximum atomic E-state index is 12.0. The molecule has 1 aromatic rings. The predicted octanol–water partition coefficient (Wildman–Crippen LogP) is 2.96. The Hall–Kier alpha value is -1.89. The van der Waals surface area contributed by atoms with E-state index in [0.717, 1.165) is 19.3 Å². The van der Waals surface area contributed by atoms with E-state index in [0.29, 0.717) is 5.69 Å². The number of nitrogens with one attached hydrogen (secondary N) is 2. The molecule has 0 aliphatic heterocycles. The van der Waals surface area contributed by atoms with E-state index in [4.69, 9.17) is 0 Å². The van der Waals surface area contributed by atoms with Crippen molar-refractivity contribution in [3.63, 3.8) is 0 Å². The van der Waals surface area contributed by atoms with Gasteiger partial charge < -0.3 is 20.5 Å². The van der Waals surface area contributed by atoms with Crippen LogP contribution >= 0.6 is 0 Å². The monoisotopic (exact) mass is 314 g/mol. The second-order valence-electron chi connectivity index (χ2n) is 5.76. The molecule has 0 spiro atoms. The smallest absolute Gasteiger partial charge is 0.387 e. The third-order valence-electron chi connectivity index (χ3n) is 4.09. The number of rotatable bonds is 5. The Kier molecular flexibility index (Phi) is 5.18. The van der Waals surface area contributed by atoms with Crippen molar-refractivity contribution in [1.29, 1.82) is 0 Å². The van der Waals surface area contributed by atoms with E-state index >= 15 is 0 Å². The molecule has 0 radical (unpaired) electrons. The van der Waals surface area contributed by atoms with Crippen LogP contribution in [0.2, 0.25) is 0 Å². The van der Waals surface area contributed by atoms with Gasteiger partial charge in [-0.2, -0.15) is 8.78 Å². The summed E-state index contributed by atoms with van der Waals surface area (Å²) in [6.45, 7) is -0.903. The zero-order valence-corrected chi connectivity index (χ0v) is 12.3. The predicted molar refractivity (Wildman–Crippen MR) is 78.1 cm³/mol. The minimum absolute atomic E-state index is 0.0254. The van der Waals surface area contributed by atoms with Crippen molar-refractivity contribution in [1.82, 2.24) is 5.32 Å². The summed E-state index contributed by atoms with van der Waals surface area (Å²) < 4.78 is 28.3. The van der Waals surface area contributed by atoms with Crippen LogP contribution in [-0.2, 0) is 0 Å². The lowest BCUT2D eigenvalue weighted by Crippen LogP contribution is -2.46. The van der Waals surface area contributed by atoms with Crippen LogP contribution in [0, 0.1) is 5.41 Å². The maximum Gasteiger partial charge on any atom is 0.387 e. The van der Waals surface area contributed by atoms with Crippen molar-refractivity contribution >= 4 is 11.7 Å². The highest BCUT2D eigenvalue weighted by Crippen LogP contribution is 2.37. The van der Waals surface area contributed by atoms with E-state index in [9.17, 15) is 18.7 Å². The normalized spacial score (nSPS) is 24.3. The van der Waals surface area contributed by atoms with Crippen LogP contribution in [0.3, 0.4) is 0 Å². The fourth-order valence-electron chi connectivity index (χ4n) is 2.71. The third kappa shape index (κ3) is 4.07. The first kappa shape index (κ1) is 16.5. The van der Waals surface area contributed by atoms with Crippen LogP contribution in [0.4, 0.5) is 19.3 Å². The van der Waals surface area contributed by atoms with Crippen molar-refractivity contribution in [2.45, 2.75) is 38.8 Å². The summed E-state index contributed by atoms with van der Waals surface area (Å²) >= 11 is 0. The highest BCUT2D eigenvalue weighted by Gasteiger charge is 2.39. The molecule has 2 unspecified atom stereocenters. The topological polar surface area (TPSA) is 70.6 Å². The Balaban J connectivity index is 1.89. The molecule has 2 amide bonds. The minimum atomic E-state index is -2.87. The average Bonchev–Trinajstić information content (AvgIpc) is 2.82. The van der Waals surface area contributed by atoms with Crippen LogP contribution in [0.25, 0.3) is 0 Å². The molecule has 2 atom stereocenters. The second-order valence-corrected chi connectivity index (χ2v) is 5.76. The number of ether oxygens (including phenoxy) is 1. The Morgan fingerprint density at radius 1 is 1.45 bits per heavy atom. The van der Waals surface area contributed by atoms with Gasteiger partial charge in [0.2, 0.25) is 0 Å². The standard InChI is InChI=1S/C15H20F2N2O3/c1-15(9-20)8-2-3-12(15)19-14(21)18-10-4-6-11(7-5-10)22-13(16)17/h4-7,12-13,20H,2-3,8-9H2,1H3,(H2,18,19,21). The molecule has 1 fully saturated rings. The molecule has 2 rings (SSSR count). The van der Waals surface area contributed by atoms with E-state index in [1.807, 2.05) is 6.92 Å². The van der Waals surface area contributed by atoms with Gasteiger partial charge >= 0.3 is 12.6 Å². The molecule has 0 heterocycles. The summed E-state index contributed by atoms with van der Waals surface area (Å²) in [5.74, 6) is 0.0320. The molecular formula is C15H20F2N2O3. The molecule has 1 aromatic carbocycles. The Morgan fingerprint density at radius 3 is 2.73 bits per heavy atom. The molecule has 22 heavy (non-hydrogen) atoms. The SMILES string of the molecule is CC1(CO)CCCC1NC(=O)Nc1ccc(OC(F)F)cc1. The number of aliphatic hydroxyl groups is 1. The highest BCUT2D eigenvalue weighted by atomic mass is 19.3. The summed E-state index contributed by atoms with van der Waals surface area (Å²) in [5, 5.41) is 14.9. The second kappa shape index (κ2) is 6.91. The van der Waals surface area contributed by atoms with Crippen molar-refractivity contribution in [2.75, 3.05) is 11.9 Å². The van der Waals surface area contributed by atoms with Gasteiger partial charge in [0, 0.05) is 17.1 Å². The van der Waals surface area contributed by atoms with Gasteiger partial charge in [-0.05, 0) is 37.1 Å². The molecule has 0 aromatic heterocycles. The number of anilines is 1. The van der Waals surface area contributed by atoms with Crippen molar-refractivity contribution in [2.24, 2.45) is 5.41 Å². The van der Waals surface area contributed by atoms with Crippen LogP contribution in [0.15, 0.2) is 24.3 Å². The van der Waals surface area contributed by atoms with Gasteiger partial charge in [0.1, 0.15) is 5.75 Å². The third-order valence-corrected chi connectivity index (χ3v) is 4.09. The number of carbonyl (C=O) groups excluding carboxylic acids is 1. The summed E-state index contributed by atoms with van der Waals surface area (Å²) in [6, 6.07) is 5.21. The number of urea groups is 1. The number of amides is 2. The fraction of sp³-hybridized carbons (Fsp3) is 0.533. The molecule has 1 aliphatic carbocycles. The van der Waals surface area contributed by atoms with E-state index in [2.05, 4.69) is 15.4 Å². The number of hydrogen-bond acceptors (Lipinski definition) is 3. The quantitative estimate of drug-likeness (QED) is 0.782. The van der Waals surface area contributed by atoms with Gasteiger partial charge in [0.05, 0.1) is 6.61 Å². The largest absolute Gasteiger partial charge is 0.435 e. The molecule has 5 nitrogen and oxygen atoms in total. The zero-order valence-electron chi connectivity index (χ0n) is 12.3. The molecule has 1 aliphatic rings. The molecule has 3 N–H and O–H groups in total. The lowest BCUT2D eigenvalue weighted by atomic mass is 9.86. The zero-order chi connectivity index (χ0) is 16.2. The van der Waals surface area contributed by atoms with Crippen LogP contribution in [-0.4, -0.2) is 30.4 Å². The van der Waals surface area contributed by atoms with Crippen LogP contribution in [0.1, 0.15) is 26.2 Å². The maximum absolute atomic E-state index is 12.0. The average molecular weight is 314 g/mol. The fourth-order valence-corrected chi connectivity index (χ4v) is 2.71. The van der Waals surface area contributed by atoms with Crippen molar-refractivity contribution < 1.29 is 23.4 Å². The lowest BCUT2D eigenvalue weighted by Gasteiger charge is -2.30. The van der Waals surface area contributed by atoms with Crippen molar-refractivity contribution in [3.8, 4) is 5.75 Å². The van der Waals surface area contributed by atoms with Gasteiger partial charge in [-0.1, -0.05) is 13.3 Å². The van der Waals surface area contributed by atoms with Gasteiger partial charge in [-0.25, -0.2) is 4.79 Å². The number of hydrogen-bond donors (Lipinski definition) is 3. The number of halogens is 2.